The van der Waals surface area contributed by atoms with Crippen LogP contribution in [0.15, 0.2) is 0 Å². The van der Waals surface area contributed by atoms with Crippen LogP contribution in [-0.2, 0) is 33.2 Å². The fourth-order valence-electron chi connectivity index (χ4n) is 5.20. The van der Waals surface area contributed by atoms with Gasteiger partial charge in [-0.15, -0.1) is 0 Å². The SMILES string of the molecule is OC[C@H]1O[C@H](OC[C@H]2O[C@H](OC[C@H]3O[C@H](OC[C@H]4OCC(O)(O)[C@@H](O)[C@@H]4O)[C@H](O)[C@@H](O)[C@@H]3O)[C@H](O)[C@@H](O)[C@@H]2O)[C@H](O)[C@@H](O)[C@@H]1O. The molecule has 4 saturated heterocycles. The molecule has 4 rings (SSSR count). The van der Waals surface area contributed by atoms with Gasteiger partial charge in [0, 0.05) is 0 Å². The van der Waals surface area contributed by atoms with Gasteiger partial charge in [0.1, 0.15) is 98.2 Å². The van der Waals surface area contributed by atoms with Crippen LogP contribution in [0.5, 0.6) is 0 Å². The highest BCUT2D eigenvalue weighted by atomic mass is 16.7. The summed E-state index contributed by atoms with van der Waals surface area (Å²) in [4.78, 5) is 0. The van der Waals surface area contributed by atoms with Crippen molar-refractivity contribution in [3.63, 3.8) is 0 Å². The molecule has 18 atom stereocenters. The molecule has 0 aliphatic carbocycles. The first kappa shape index (κ1) is 37.0. The summed E-state index contributed by atoms with van der Waals surface area (Å²) in [5.41, 5.74) is 0. The first-order valence-electron chi connectivity index (χ1n) is 14.1. The molecule has 0 unspecified atom stereocenters. The summed E-state index contributed by atoms with van der Waals surface area (Å²) in [5.74, 6) is -2.72. The lowest BCUT2D eigenvalue weighted by atomic mass is 9.97. The van der Waals surface area contributed by atoms with Gasteiger partial charge < -0.3 is 105 Å². The summed E-state index contributed by atoms with van der Waals surface area (Å²) < 4.78 is 37.4. The molecule has 0 bridgehead atoms. The summed E-state index contributed by atoms with van der Waals surface area (Å²) in [6, 6.07) is 0. The van der Waals surface area contributed by atoms with Gasteiger partial charge in [-0.3, -0.25) is 0 Å². The van der Waals surface area contributed by atoms with Crippen molar-refractivity contribution in [2.75, 3.05) is 33.0 Å². The summed E-state index contributed by atoms with van der Waals surface area (Å²) in [6.45, 7) is -3.40. The van der Waals surface area contributed by atoms with E-state index in [1.54, 1.807) is 0 Å². The van der Waals surface area contributed by atoms with Crippen molar-refractivity contribution in [2.45, 2.75) is 116 Å². The predicted molar refractivity (Wildman–Crippen MR) is 134 cm³/mol. The van der Waals surface area contributed by atoms with Crippen molar-refractivity contribution in [3.05, 3.63) is 0 Å². The molecule has 21 heteroatoms. The number of hydrogen-bond donors (Lipinski definition) is 14. The molecule has 14 N–H and O–H groups in total. The first-order chi connectivity index (χ1) is 21.1. The monoisotopic (exact) mass is 666 g/mol. The van der Waals surface area contributed by atoms with Gasteiger partial charge in [-0.1, -0.05) is 0 Å². The third-order valence-electron chi connectivity index (χ3n) is 8.15. The van der Waals surface area contributed by atoms with Crippen LogP contribution in [-0.4, -0.2) is 221 Å². The van der Waals surface area contributed by atoms with E-state index in [9.17, 15) is 71.5 Å². The molecule has 4 aliphatic heterocycles. The van der Waals surface area contributed by atoms with Crippen LogP contribution in [0.1, 0.15) is 0 Å². The molecule has 0 aromatic carbocycles. The summed E-state index contributed by atoms with van der Waals surface area (Å²) in [5, 5.41) is 141. The molecule has 0 aromatic rings. The molecule has 4 aliphatic rings. The molecular weight excluding hydrogens is 624 g/mol. The zero-order valence-corrected chi connectivity index (χ0v) is 23.5. The second kappa shape index (κ2) is 15.1. The third-order valence-corrected chi connectivity index (χ3v) is 8.15. The van der Waals surface area contributed by atoms with Crippen molar-refractivity contribution in [3.8, 4) is 0 Å². The summed E-state index contributed by atoms with van der Waals surface area (Å²) >= 11 is 0. The van der Waals surface area contributed by atoms with Crippen LogP contribution >= 0.6 is 0 Å². The maximum Gasteiger partial charge on any atom is 0.216 e. The molecule has 4 heterocycles. The zero-order chi connectivity index (χ0) is 33.4. The third kappa shape index (κ3) is 7.91. The fraction of sp³-hybridized carbons (Fsp3) is 1.00. The van der Waals surface area contributed by atoms with Crippen LogP contribution in [0.4, 0.5) is 0 Å². The van der Waals surface area contributed by atoms with Gasteiger partial charge in [-0.05, 0) is 0 Å². The quantitative estimate of drug-likeness (QED) is 0.0962. The van der Waals surface area contributed by atoms with Gasteiger partial charge >= 0.3 is 0 Å². The maximum absolute atomic E-state index is 10.4. The molecule has 264 valence electrons. The van der Waals surface area contributed by atoms with Gasteiger partial charge in [0.2, 0.25) is 5.79 Å². The van der Waals surface area contributed by atoms with Crippen molar-refractivity contribution < 1.29 is 105 Å². The Labute approximate surface area is 254 Å². The normalized spacial score (nSPS) is 50.8. The highest BCUT2D eigenvalue weighted by Crippen LogP contribution is 2.29. The van der Waals surface area contributed by atoms with Crippen LogP contribution in [0, 0.1) is 0 Å². The Bertz CT molecular complexity index is 927. The Morgan fingerprint density at radius 3 is 1.22 bits per heavy atom. The number of hydrogen-bond acceptors (Lipinski definition) is 21. The van der Waals surface area contributed by atoms with E-state index in [1.165, 1.54) is 0 Å². The Kier molecular flexibility index (Phi) is 12.5. The van der Waals surface area contributed by atoms with Crippen molar-refractivity contribution in [1.82, 2.24) is 0 Å². The number of aliphatic hydroxyl groups excluding tert-OH is 12. The van der Waals surface area contributed by atoms with Crippen molar-refractivity contribution >= 4 is 0 Å². The molecule has 0 radical (unpaired) electrons. The van der Waals surface area contributed by atoms with E-state index in [4.69, 9.17) is 33.2 Å². The van der Waals surface area contributed by atoms with Crippen molar-refractivity contribution in [1.29, 1.82) is 0 Å². The molecular formula is C24H42O21. The maximum atomic E-state index is 10.4. The smallest absolute Gasteiger partial charge is 0.216 e. The lowest BCUT2D eigenvalue weighted by Gasteiger charge is -2.44. The second-order valence-corrected chi connectivity index (χ2v) is 11.4. The van der Waals surface area contributed by atoms with Crippen LogP contribution in [0.3, 0.4) is 0 Å². The lowest BCUT2D eigenvalue weighted by Crippen LogP contribution is -2.63. The first-order valence-corrected chi connectivity index (χ1v) is 14.1. The molecule has 45 heavy (non-hydrogen) atoms. The molecule has 0 aromatic heterocycles. The molecule has 0 saturated carbocycles. The minimum atomic E-state index is -2.72. The van der Waals surface area contributed by atoms with Gasteiger partial charge in [0.15, 0.2) is 18.9 Å². The molecule has 4 fully saturated rings. The Balaban J connectivity index is 1.33. The highest BCUT2D eigenvalue weighted by Gasteiger charge is 2.51. The number of ether oxygens (including phenoxy) is 7. The van der Waals surface area contributed by atoms with Gasteiger partial charge in [-0.2, -0.15) is 0 Å². The van der Waals surface area contributed by atoms with Crippen LogP contribution in [0.25, 0.3) is 0 Å². The van der Waals surface area contributed by atoms with E-state index in [-0.39, 0.29) is 0 Å². The summed E-state index contributed by atoms with van der Waals surface area (Å²) in [7, 11) is 0. The van der Waals surface area contributed by atoms with Gasteiger partial charge in [-0.25, -0.2) is 0 Å². The largest absolute Gasteiger partial charge is 0.394 e. The predicted octanol–water partition coefficient (Wildman–Crippen LogP) is -9.75. The summed E-state index contributed by atoms with van der Waals surface area (Å²) in [6.07, 6.45) is -30.5. The number of aliphatic hydroxyl groups is 14. The van der Waals surface area contributed by atoms with E-state index in [0.29, 0.717) is 0 Å². The minimum Gasteiger partial charge on any atom is -0.394 e. The van der Waals surface area contributed by atoms with Crippen molar-refractivity contribution in [2.24, 2.45) is 0 Å². The van der Waals surface area contributed by atoms with E-state index in [2.05, 4.69) is 0 Å². The van der Waals surface area contributed by atoms with E-state index in [1.807, 2.05) is 0 Å². The lowest BCUT2D eigenvalue weighted by molar-refractivity contribution is -0.348. The molecule has 0 amide bonds. The van der Waals surface area contributed by atoms with E-state index in [0.717, 1.165) is 0 Å². The average molecular weight is 667 g/mol. The molecule has 21 nitrogen and oxygen atoms in total. The highest BCUT2D eigenvalue weighted by molar-refractivity contribution is 4.94. The topological polar surface area (TPSA) is 348 Å². The minimum absolute atomic E-state index is 0.586. The van der Waals surface area contributed by atoms with E-state index >= 15 is 0 Å². The second-order valence-electron chi connectivity index (χ2n) is 11.4. The average Bonchev–Trinajstić information content (AvgIpc) is 3.01. The Hall–Kier alpha value is -0.840. The number of rotatable bonds is 10. The van der Waals surface area contributed by atoms with Crippen LogP contribution < -0.4 is 0 Å². The standard InChI is InChI=1S/C24H42O21/c25-1-6-10(26)14(30)17(33)21(43-6)40-3-8-11(27)16(32)19(35)23(45-8)41-4-9-12(28)15(31)18(34)22(44-9)39-2-7-13(29)20(36)24(37,38)5-42-7/h6-23,25-38H,1-5H2/t6-,7-,8-,9-,10-,11-,12-,13-,14+,15+,16+,17-,18-,19-,20+,21+,22+,23+/m1/s1. The van der Waals surface area contributed by atoms with Gasteiger partial charge in [0.25, 0.3) is 0 Å². The zero-order valence-electron chi connectivity index (χ0n) is 23.5. The van der Waals surface area contributed by atoms with Gasteiger partial charge in [0.05, 0.1) is 26.4 Å². The molecule has 0 spiro atoms. The van der Waals surface area contributed by atoms with Crippen LogP contribution in [0.2, 0.25) is 0 Å². The Morgan fingerprint density at radius 1 is 0.467 bits per heavy atom. The Morgan fingerprint density at radius 2 is 0.822 bits per heavy atom. The van der Waals surface area contributed by atoms with E-state index < -0.39 is 149 Å². The fourth-order valence-corrected chi connectivity index (χ4v) is 5.20.